The zero-order valence-electron chi connectivity index (χ0n) is 13.1. The monoisotopic (exact) mass is 291 g/mol. The van der Waals surface area contributed by atoms with Gasteiger partial charge in [-0.15, -0.1) is 0 Å². The van der Waals surface area contributed by atoms with Crippen molar-refractivity contribution in [2.24, 2.45) is 5.73 Å². The van der Waals surface area contributed by atoms with Crippen molar-refractivity contribution in [2.75, 3.05) is 0 Å². The minimum Gasteiger partial charge on any atom is -0.328 e. The molecule has 0 unspecified atom stereocenters. The molecular formula is C19H21N3. The van der Waals surface area contributed by atoms with Gasteiger partial charge in [-0.05, 0) is 25.0 Å². The molecule has 0 atom stereocenters. The first-order valence-corrected chi connectivity index (χ1v) is 7.54. The molecule has 3 nitrogen and oxygen atoms in total. The quantitative estimate of drug-likeness (QED) is 0.797. The fourth-order valence-electron chi connectivity index (χ4n) is 2.84. The van der Waals surface area contributed by atoms with Crippen LogP contribution in [0.1, 0.15) is 22.4 Å². The van der Waals surface area contributed by atoms with Crippen molar-refractivity contribution in [3.05, 3.63) is 77.2 Å². The van der Waals surface area contributed by atoms with E-state index in [1.165, 1.54) is 16.7 Å². The Balaban J connectivity index is 2.00. The first-order valence-electron chi connectivity index (χ1n) is 7.54. The van der Waals surface area contributed by atoms with Gasteiger partial charge < -0.3 is 10.3 Å². The summed E-state index contributed by atoms with van der Waals surface area (Å²) < 4.78 is 2.14. The van der Waals surface area contributed by atoms with E-state index in [0.717, 1.165) is 23.5 Å². The van der Waals surface area contributed by atoms with E-state index in [2.05, 4.69) is 65.9 Å². The molecule has 0 radical (unpaired) electrons. The second-order valence-corrected chi connectivity index (χ2v) is 5.68. The van der Waals surface area contributed by atoms with Crippen LogP contribution in [0.15, 0.2) is 54.9 Å². The topological polar surface area (TPSA) is 43.8 Å². The zero-order chi connectivity index (χ0) is 15.5. The fraction of sp³-hybridized carbons (Fsp3) is 0.211. The van der Waals surface area contributed by atoms with Gasteiger partial charge in [-0.3, -0.25) is 0 Å². The highest BCUT2D eigenvalue weighted by Gasteiger charge is 2.13. The third-order valence-electron chi connectivity index (χ3n) is 3.97. The average Bonchev–Trinajstić information content (AvgIpc) is 2.91. The lowest BCUT2D eigenvalue weighted by molar-refractivity contribution is 0.741. The normalized spacial score (nSPS) is 10.9. The van der Waals surface area contributed by atoms with Crippen molar-refractivity contribution in [3.63, 3.8) is 0 Å². The Labute approximate surface area is 131 Å². The van der Waals surface area contributed by atoms with Crippen LogP contribution < -0.4 is 5.73 Å². The van der Waals surface area contributed by atoms with E-state index in [1.54, 1.807) is 0 Å². The number of hydrogen-bond donors (Lipinski definition) is 1. The van der Waals surface area contributed by atoms with E-state index in [1.807, 2.05) is 12.4 Å². The molecule has 3 rings (SSSR count). The van der Waals surface area contributed by atoms with Gasteiger partial charge in [0.1, 0.15) is 0 Å². The molecule has 0 saturated heterocycles. The number of benzene rings is 2. The molecule has 1 heterocycles. The van der Waals surface area contributed by atoms with Gasteiger partial charge in [-0.25, -0.2) is 4.98 Å². The molecule has 112 valence electrons. The lowest BCUT2D eigenvalue weighted by Crippen LogP contribution is -2.08. The van der Waals surface area contributed by atoms with Crippen LogP contribution >= 0.6 is 0 Å². The Hall–Kier alpha value is -2.39. The van der Waals surface area contributed by atoms with E-state index in [0.29, 0.717) is 6.54 Å². The van der Waals surface area contributed by atoms with Crippen molar-refractivity contribution in [1.29, 1.82) is 0 Å². The molecular weight excluding hydrogens is 270 g/mol. The highest BCUT2D eigenvalue weighted by Crippen LogP contribution is 2.26. The standard InChI is InChI=1S/C19H21N3/c1-14-8-9-17(15(2)10-14)19-18(11-20)22(13-21-19)12-16-6-4-3-5-7-16/h3-10,13H,11-12,20H2,1-2H3. The molecule has 3 aromatic rings. The number of hydrogen-bond acceptors (Lipinski definition) is 2. The average molecular weight is 291 g/mol. The second kappa shape index (κ2) is 6.16. The molecule has 22 heavy (non-hydrogen) atoms. The highest BCUT2D eigenvalue weighted by atomic mass is 15.1. The molecule has 0 amide bonds. The maximum absolute atomic E-state index is 6.01. The summed E-state index contributed by atoms with van der Waals surface area (Å²) in [7, 11) is 0. The molecule has 0 saturated carbocycles. The largest absolute Gasteiger partial charge is 0.328 e. The van der Waals surface area contributed by atoms with Crippen LogP contribution in [0.3, 0.4) is 0 Å². The molecule has 1 aromatic heterocycles. The number of aromatic nitrogens is 2. The van der Waals surface area contributed by atoms with Crippen LogP contribution in [-0.2, 0) is 13.1 Å². The summed E-state index contributed by atoms with van der Waals surface area (Å²) in [6.45, 7) is 5.51. The Morgan fingerprint density at radius 3 is 2.50 bits per heavy atom. The summed E-state index contributed by atoms with van der Waals surface area (Å²) in [5.74, 6) is 0. The molecule has 2 aromatic carbocycles. The zero-order valence-corrected chi connectivity index (χ0v) is 13.1. The third-order valence-corrected chi connectivity index (χ3v) is 3.97. The number of imidazole rings is 1. The van der Waals surface area contributed by atoms with E-state index >= 15 is 0 Å². The molecule has 0 aliphatic rings. The van der Waals surface area contributed by atoms with Gasteiger partial charge in [0.05, 0.1) is 17.7 Å². The predicted molar refractivity (Wildman–Crippen MR) is 90.6 cm³/mol. The number of nitrogens with two attached hydrogens (primary N) is 1. The maximum atomic E-state index is 6.01. The van der Waals surface area contributed by atoms with Gasteiger partial charge >= 0.3 is 0 Å². The van der Waals surface area contributed by atoms with Crippen molar-refractivity contribution < 1.29 is 0 Å². The van der Waals surface area contributed by atoms with Gasteiger partial charge in [0.25, 0.3) is 0 Å². The van der Waals surface area contributed by atoms with Crippen LogP contribution in [0, 0.1) is 13.8 Å². The van der Waals surface area contributed by atoms with Crippen LogP contribution in [0.4, 0.5) is 0 Å². The Kier molecular flexibility index (Phi) is 4.07. The summed E-state index contributed by atoms with van der Waals surface area (Å²) >= 11 is 0. The first kappa shape index (κ1) is 14.5. The highest BCUT2D eigenvalue weighted by molar-refractivity contribution is 5.66. The smallest absolute Gasteiger partial charge is 0.0959 e. The first-order chi connectivity index (χ1) is 10.7. The Morgan fingerprint density at radius 2 is 1.82 bits per heavy atom. The predicted octanol–water partition coefficient (Wildman–Crippen LogP) is 3.67. The van der Waals surface area contributed by atoms with E-state index < -0.39 is 0 Å². The van der Waals surface area contributed by atoms with Crippen molar-refractivity contribution in [3.8, 4) is 11.3 Å². The summed E-state index contributed by atoms with van der Waals surface area (Å²) in [6.07, 6.45) is 1.89. The van der Waals surface area contributed by atoms with Crippen LogP contribution in [0.5, 0.6) is 0 Å². The fourth-order valence-corrected chi connectivity index (χ4v) is 2.84. The van der Waals surface area contributed by atoms with Gasteiger partial charge in [-0.1, -0.05) is 54.1 Å². The lowest BCUT2D eigenvalue weighted by Gasteiger charge is -2.10. The second-order valence-electron chi connectivity index (χ2n) is 5.68. The number of aryl methyl sites for hydroxylation is 2. The summed E-state index contributed by atoms with van der Waals surface area (Å²) in [6, 6.07) is 16.8. The van der Waals surface area contributed by atoms with Crippen LogP contribution in [0.25, 0.3) is 11.3 Å². The van der Waals surface area contributed by atoms with Gasteiger partial charge in [0.2, 0.25) is 0 Å². The molecule has 2 N–H and O–H groups in total. The SMILES string of the molecule is Cc1ccc(-c2ncn(Cc3ccccc3)c2CN)c(C)c1. The Morgan fingerprint density at radius 1 is 1.05 bits per heavy atom. The minimum atomic E-state index is 0.482. The summed E-state index contributed by atoms with van der Waals surface area (Å²) in [5, 5.41) is 0. The molecule has 0 fully saturated rings. The van der Waals surface area contributed by atoms with Crippen LogP contribution in [0.2, 0.25) is 0 Å². The summed E-state index contributed by atoms with van der Waals surface area (Å²) in [4.78, 5) is 4.63. The van der Waals surface area contributed by atoms with Gasteiger partial charge in [-0.2, -0.15) is 0 Å². The molecule has 0 bridgehead atoms. The van der Waals surface area contributed by atoms with Crippen molar-refractivity contribution in [1.82, 2.24) is 9.55 Å². The third kappa shape index (κ3) is 2.81. The van der Waals surface area contributed by atoms with Crippen molar-refractivity contribution in [2.45, 2.75) is 26.9 Å². The molecule has 3 heteroatoms. The van der Waals surface area contributed by atoms with Gasteiger partial charge in [0, 0.05) is 18.7 Å². The molecule has 0 spiro atoms. The van der Waals surface area contributed by atoms with Crippen LogP contribution in [-0.4, -0.2) is 9.55 Å². The number of nitrogens with zero attached hydrogens (tertiary/aromatic N) is 2. The van der Waals surface area contributed by atoms with E-state index in [-0.39, 0.29) is 0 Å². The maximum Gasteiger partial charge on any atom is 0.0959 e. The lowest BCUT2D eigenvalue weighted by atomic mass is 10.0. The number of rotatable bonds is 4. The van der Waals surface area contributed by atoms with Gasteiger partial charge in [0.15, 0.2) is 0 Å². The van der Waals surface area contributed by atoms with E-state index in [4.69, 9.17) is 5.73 Å². The Bertz CT molecular complexity index is 773. The molecule has 0 aliphatic carbocycles. The minimum absolute atomic E-state index is 0.482. The summed E-state index contributed by atoms with van der Waals surface area (Å²) in [5.41, 5.74) is 13.0. The molecule has 0 aliphatic heterocycles. The van der Waals surface area contributed by atoms with E-state index in [9.17, 15) is 0 Å². The van der Waals surface area contributed by atoms with Crippen molar-refractivity contribution >= 4 is 0 Å².